The van der Waals surface area contributed by atoms with Crippen LogP contribution in [0.3, 0.4) is 0 Å². The fraction of sp³-hybridized carbons (Fsp3) is 0.241. The van der Waals surface area contributed by atoms with E-state index in [1.165, 1.54) is 10.6 Å². The highest BCUT2D eigenvalue weighted by Gasteiger charge is 2.22. The monoisotopic (exact) mass is 488 g/mol. The van der Waals surface area contributed by atoms with Gasteiger partial charge in [-0.2, -0.15) is 0 Å². The SMILES string of the molecule is CNC(=O)Cc1ccc(-c2ccc(OCc3cc4ccccc4n3C(=O)OC(C)(C)C)cc2F)cc1. The molecule has 1 amide bonds. The number of para-hydroxylation sites is 1. The zero-order valence-electron chi connectivity index (χ0n) is 20.8. The van der Waals surface area contributed by atoms with Crippen LogP contribution in [0.25, 0.3) is 22.0 Å². The van der Waals surface area contributed by atoms with Crippen molar-refractivity contribution in [2.45, 2.75) is 39.4 Å². The van der Waals surface area contributed by atoms with Gasteiger partial charge in [-0.05, 0) is 56.2 Å². The molecule has 1 N–H and O–H groups in total. The number of halogens is 1. The first-order valence-corrected chi connectivity index (χ1v) is 11.7. The smallest absolute Gasteiger partial charge is 0.419 e. The van der Waals surface area contributed by atoms with E-state index in [-0.39, 0.29) is 18.9 Å². The third kappa shape index (κ3) is 5.74. The summed E-state index contributed by atoms with van der Waals surface area (Å²) in [6.45, 7) is 5.49. The van der Waals surface area contributed by atoms with E-state index >= 15 is 0 Å². The highest BCUT2D eigenvalue weighted by Crippen LogP contribution is 2.28. The number of hydrogen-bond acceptors (Lipinski definition) is 4. The zero-order valence-corrected chi connectivity index (χ0v) is 20.8. The van der Waals surface area contributed by atoms with Crippen molar-refractivity contribution in [3.8, 4) is 16.9 Å². The second kappa shape index (κ2) is 10.2. The van der Waals surface area contributed by atoms with Crippen LogP contribution in [0.2, 0.25) is 0 Å². The molecule has 6 nitrogen and oxygen atoms in total. The van der Waals surface area contributed by atoms with Crippen LogP contribution in [0, 0.1) is 5.82 Å². The van der Waals surface area contributed by atoms with E-state index in [0.29, 0.717) is 28.1 Å². The van der Waals surface area contributed by atoms with Gasteiger partial charge in [0.2, 0.25) is 5.91 Å². The maximum absolute atomic E-state index is 15.0. The summed E-state index contributed by atoms with van der Waals surface area (Å²) in [4.78, 5) is 24.5. The zero-order chi connectivity index (χ0) is 25.9. The molecule has 0 aliphatic carbocycles. The molecule has 0 spiro atoms. The standard InChI is InChI=1S/C29H29FN2O4/c1-29(2,3)36-28(34)32-22(16-21-7-5-6-8-26(21)32)18-35-23-13-14-24(25(30)17-23)20-11-9-19(10-12-20)15-27(33)31-4/h5-14,16-17H,15,18H2,1-4H3,(H,31,33). The van der Waals surface area contributed by atoms with Crippen molar-refractivity contribution in [1.29, 1.82) is 0 Å². The van der Waals surface area contributed by atoms with Crippen molar-refractivity contribution in [1.82, 2.24) is 9.88 Å². The Morgan fingerprint density at radius 1 is 0.972 bits per heavy atom. The van der Waals surface area contributed by atoms with E-state index in [1.54, 1.807) is 31.3 Å². The Kier molecular flexibility index (Phi) is 7.10. The predicted octanol–water partition coefficient (Wildman–Crippen LogP) is 6.10. The number of amides is 1. The van der Waals surface area contributed by atoms with Crippen LogP contribution < -0.4 is 10.1 Å². The van der Waals surface area contributed by atoms with Gasteiger partial charge in [-0.15, -0.1) is 0 Å². The van der Waals surface area contributed by atoms with Crippen LogP contribution in [0.4, 0.5) is 9.18 Å². The lowest BCUT2D eigenvalue weighted by atomic mass is 10.0. The highest BCUT2D eigenvalue weighted by atomic mass is 19.1. The molecular weight excluding hydrogens is 459 g/mol. The summed E-state index contributed by atoms with van der Waals surface area (Å²) >= 11 is 0. The number of ether oxygens (including phenoxy) is 2. The molecule has 4 aromatic rings. The molecule has 0 aliphatic rings. The summed E-state index contributed by atoms with van der Waals surface area (Å²) in [7, 11) is 1.59. The van der Waals surface area contributed by atoms with Gasteiger partial charge in [0, 0.05) is 24.1 Å². The Morgan fingerprint density at radius 2 is 1.69 bits per heavy atom. The molecule has 0 aliphatic heterocycles. The molecule has 1 heterocycles. The molecule has 1 aromatic heterocycles. The molecule has 36 heavy (non-hydrogen) atoms. The van der Waals surface area contributed by atoms with Crippen LogP contribution in [-0.2, 0) is 22.6 Å². The van der Waals surface area contributed by atoms with Gasteiger partial charge < -0.3 is 14.8 Å². The first-order valence-electron chi connectivity index (χ1n) is 11.7. The van der Waals surface area contributed by atoms with Gasteiger partial charge in [0.15, 0.2) is 0 Å². The lowest BCUT2D eigenvalue weighted by Crippen LogP contribution is -2.28. The number of carbonyl (C=O) groups excluding carboxylic acids is 2. The number of nitrogens with one attached hydrogen (secondary N) is 1. The molecule has 0 bridgehead atoms. The third-order valence-corrected chi connectivity index (χ3v) is 5.60. The number of fused-ring (bicyclic) bond motifs is 1. The number of benzene rings is 3. The summed E-state index contributed by atoms with van der Waals surface area (Å²) in [5.74, 6) is -0.172. The van der Waals surface area contributed by atoms with Crippen molar-refractivity contribution in [2.75, 3.05) is 7.05 Å². The normalized spacial score (nSPS) is 11.4. The summed E-state index contributed by atoms with van der Waals surface area (Å²) in [5.41, 5.74) is 2.63. The molecule has 0 saturated heterocycles. The van der Waals surface area contributed by atoms with E-state index in [9.17, 15) is 14.0 Å². The van der Waals surface area contributed by atoms with E-state index < -0.39 is 17.5 Å². The average molecular weight is 489 g/mol. The van der Waals surface area contributed by atoms with Crippen molar-refractivity contribution in [3.63, 3.8) is 0 Å². The maximum Gasteiger partial charge on any atom is 0.419 e. The number of carbonyl (C=O) groups is 2. The van der Waals surface area contributed by atoms with Crippen LogP contribution in [0.1, 0.15) is 32.0 Å². The minimum absolute atomic E-state index is 0.0564. The summed E-state index contributed by atoms with van der Waals surface area (Å²) < 4.78 is 27.9. The van der Waals surface area contributed by atoms with Crippen LogP contribution in [0.5, 0.6) is 5.75 Å². The van der Waals surface area contributed by atoms with Gasteiger partial charge in [0.05, 0.1) is 17.6 Å². The molecule has 0 radical (unpaired) electrons. The van der Waals surface area contributed by atoms with Gasteiger partial charge in [-0.25, -0.2) is 13.8 Å². The molecule has 7 heteroatoms. The van der Waals surface area contributed by atoms with E-state index in [4.69, 9.17) is 9.47 Å². The Morgan fingerprint density at radius 3 is 2.36 bits per heavy atom. The van der Waals surface area contributed by atoms with Gasteiger partial charge in [-0.3, -0.25) is 4.79 Å². The van der Waals surface area contributed by atoms with Crippen molar-refractivity contribution in [2.24, 2.45) is 0 Å². The Bertz CT molecular complexity index is 1400. The number of aromatic nitrogens is 1. The van der Waals surface area contributed by atoms with Gasteiger partial charge in [0.1, 0.15) is 23.8 Å². The number of rotatable bonds is 6. The van der Waals surface area contributed by atoms with Gasteiger partial charge in [0.25, 0.3) is 0 Å². The topological polar surface area (TPSA) is 69.6 Å². The summed E-state index contributed by atoms with van der Waals surface area (Å²) in [6, 6.07) is 21.2. The molecule has 3 aromatic carbocycles. The van der Waals surface area contributed by atoms with E-state index in [2.05, 4.69) is 5.32 Å². The predicted molar refractivity (Wildman–Crippen MR) is 138 cm³/mol. The number of hydrogen-bond donors (Lipinski definition) is 1. The fourth-order valence-corrected chi connectivity index (χ4v) is 3.89. The van der Waals surface area contributed by atoms with Crippen molar-refractivity contribution < 1.29 is 23.5 Å². The Hall–Kier alpha value is -4.13. The molecule has 4 rings (SSSR count). The molecule has 0 saturated carbocycles. The van der Waals surface area contributed by atoms with Gasteiger partial charge in [-0.1, -0.05) is 42.5 Å². The first-order chi connectivity index (χ1) is 17.1. The highest BCUT2D eigenvalue weighted by molar-refractivity contribution is 5.91. The van der Waals surface area contributed by atoms with Crippen LogP contribution in [0.15, 0.2) is 72.8 Å². The Balaban J connectivity index is 1.53. The molecule has 0 unspecified atom stereocenters. The van der Waals surface area contributed by atoms with Crippen LogP contribution >= 0.6 is 0 Å². The third-order valence-electron chi connectivity index (χ3n) is 5.60. The second-order valence-corrected chi connectivity index (χ2v) is 9.49. The lowest BCUT2D eigenvalue weighted by molar-refractivity contribution is -0.119. The molecular formula is C29H29FN2O4. The largest absolute Gasteiger partial charge is 0.487 e. The van der Waals surface area contributed by atoms with Gasteiger partial charge >= 0.3 is 6.09 Å². The minimum atomic E-state index is -0.653. The summed E-state index contributed by atoms with van der Waals surface area (Å²) in [6.07, 6.45) is -0.227. The van der Waals surface area contributed by atoms with E-state index in [1.807, 2.05) is 63.2 Å². The molecule has 186 valence electrons. The van der Waals surface area contributed by atoms with Crippen LogP contribution in [-0.4, -0.2) is 29.2 Å². The molecule has 0 atom stereocenters. The Labute approximate surface area is 209 Å². The lowest BCUT2D eigenvalue weighted by Gasteiger charge is -2.21. The summed E-state index contributed by atoms with van der Waals surface area (Å²) in [5, 5.41) is 3.46. The number of nitrogens with zero attached hydrogens (tertiary/aromatic N) is 1. The first kappa shape index (κ1) is 25.0. The average Bonchev–Trinajstić information content (AvgIpc) is 3.21. The van der Waals surface area contributed by atoms with E-state index in [0.717, 1.165) is 10.9 Å². The second-order valence-electron chi connectivity index (χ2n) is 9.49. The van der Waals surface area contributed by atoms with Crippen molar-refractivity contribution in [3.05, 3.63) is 89.9 Å². The fourth-order valence-electron chi connectivity index (χ4n) is 3.89. The quantitative estimate of drug-likeness (QED) is 0.356. The minimum Gasteiger partial charge on any atom is -0.487 e. The molecule has 0 fully saturated rings. The number of likely N-dealkylation sites (N-methyl/N-ethyl adjacent to an activating group) is 1. The van der Waals surface area contributed by atoms with Crippen molar-refractivity contribution >= 4 is 22.9 Å². The maximum atomic E-state index is 15.0.